The Labute approximate surface area is 162 Å². The number of anilines is 1. The lowest BCUT2D eigenvalue weighted by Crippen LogP contribution is -2.19. The lowest BCUT2D eigenvalue weighted by atomic mass is 10.2. The average Bonchev–Trinajstić information content (AvgIpc) is 2.68. The highest BCUT2D eigenvalue weighted by atomic mass is 32.2. The topological polar surface area (TPSA) is 60.3 Å². The van der Waals surface area contributed by atoms with Gasteiger partial charge in [0.05, 0.1) is 23.6 Å². The Morgan fingerprint density at radius 2 is 1.85 bits per heavy atom. The maximum atomic E-state index is 12.4. The quantitative estimate of drug-likeness (QED) is 0.624. The number of nitrogens with zero attached hydrogens (tertiary/aromatic N) is 1. The standard InChI is InChI=1S/C21H22N2O3S/c1-3-23-17-11-7-5-9-15(17)19(13-21(23)25)27-14-20(24)22-16-10-6-8-12-18(16)26-4-2/h5-13H,3-4,14H2,1-2H3,(H,22,24). The van der Waals surface area contributed by atoms with E-state index in [1.165, 1.54) is 11.8 Å². The minimum absolute atomic E-state index is 0.0548. The molecule has 6 heteroatoms. The summed E-state index contributed by atoms with van der Waals surface area (Å²) in [6.07, 6.45) is 0. The Morgan fingerprint density at radius 3 is 2.63 bits per heavy atom. The number of aryl methyl sites for hydroxylation is 1. The van der Waals surface area contributed by atoms with Crippen molar-refractivity contribution in [3.63, 3.8) is 0 Å². The maximum Gasteiger partial charge on any atom is 0.252 e. The van der Waals surface area contributed by atoms with Gasteiger partial charge in [-0.1, -0.05) is 30.3 Å². The molecular weight excluding hydrogens is 360 g/mol. The van der Waals surface area contributed by atoms with Crippen LogP contribution in [-0.2, 0) is 11.3 Å². The second kappa shape index (κ2) is 8.77. The number of pyridine rings is 1. The molecule has 1 N–H and O–H groups in total. The molecule has 0 spiro atoms. The Kier molecular flexibility index (Phi) is 6.19. The van der Waals surface area contributed by atoms with Gasteiger partial charge in [-0.05, 0) is 32.0 Å². The molecule has 0 aliphatic carbocycles. The number of thioether (sulfide) groups is 1. The molecular formula is C21H22N2O3S. The van der Waals surface area contributed by atoms with Gasteiger partial charge in [0.25, 0.3) is 5.56 Å². The monoisotopic (exact) mass is 382 g/mol. The van der Waals surface area contributed by atoms with Crippen LogP contribution >= 0.6 is 11.8 Å². The number of nitrogens with one attached hydrogen (secondary N) is 1. The largest absolute Gasteiger partial charge is 0.492 e. The van der Waals surface area contributed by atoms with E-state index >= 15 is 0 Å². The minimum Gasteiger partial charge on any atom is -0.492 e. The van der Waals surface area contributed by atoms with E-state index < -0.39 is 0 Å². The molecule has 1 amide bonds. The van der Waals surface area contributed by atoms with Gasteiger partial charge in [-0.3, -0.25) is 9.59 Å². The van der Waals surface area contributed by atoms with Gasteiger partial charge in [0, 0.05) is 22.9 Å². The highest BCUT2D eigenvalue weighted by Crippen LogP contribution is 2.28. The van der Waals surface area contributed by atoms with Crippen molar-refractivity contribution < 1.29 is 9.53 Å². The van der Waals surface area contributed by atoms with Crippen molar-refractivity contribution >= 4 is 34.3 Å². The van der Waals surface area contributed by atoms with E-state index in [0.29, 0.717) is 24.6 Å². The molecule has 0 radical (unpaired) electrons. The van der Waals surface area contributed by atoms with Crippen LogP contribution in [0.3, 0.4) is 0 Å². The lowest BCUT2D eigenvalue weighted by Gasteiger charge is -2.13. The normalized spacial score (nSPS) is 10.7. The van der Waals surface area contributed by atoms with Crippen LogP contribution in [0.2, 0.25) is 0 Å². The van der Waals surface area contributed by atoms with Crippen molar-refractivity contribution in [1.82, 2.24) is 4.57 Å². The first-order chi connectivity index (χ1) is 13.1. The number of aromatic nitrogens is 1. The molecule has 0 saturated heterocycles. The minimum atomic E-state index is -0.143. The summed E-state index contributed by atoms with van der Waals surface area (Å²) < 4.78 is 7.27. The molecule has 140 valence electrons. The molecule has 0 atom stereocenters. The van der Waals surface area contributed by atoms with E-state index in [-0.39, 0.29) is 17.2 Å². The van der Waals surface area contributed by atoms with E-state index in [1.807, 2.05) is 62.4 Å². The predicted octanol–water partition coefficient (Wildman–Crippen LogP) is 4.15. The van der Waals surface area contributed by atoms with Crippen LogP contribution in [-0.4, -0.2) is 22.8 Å². The smallest absolute Gasteiger partial charge is 0.252 e. The number of ether oxygens (including phenoxy) is 1. The Morgan fingerprint density at radius 1 is 1.11 bits per heavy atom. The highest BCUT2D eigenvalue weighted by molar-refractivity contribution is 8.00. The third kappa shape index (κ3) is 4.34. The van der Waals surface area contributed by atoms with Gasteiger partial charge < -0.3 is 14.6 Å². The van der Waals surface area contributed by atoms with Gasteiger partial charge in [0.2, 0.25) is 5.91 Å². The summed E-state index contributed by atoms with van der Waals surface area (Å²) in [5.41, 5.74) is 1.48. The van der Waals surface area contributed by atoms with Crippen molar-refractivity contribution in [3.05, 3.63) is 65.0 Å². The van der Waals surface area contributed by atoms with Crippen molar-refractivity contribution in [1.29, 1.82) is 0 Å². The maximum absolute atomic E-state index is 12.4. The van der Waals surface area contributed by atoms with Crippen LogP contribution in [0.15, 0.2) is 64.3 Å². The third-order valence-corrected chi connectivity index (χ3v) is 5.17. The number of hydrogen-bond donors (Lipinski definition) is 1. The number of rotatable bonds is 7. The molecule has 0 saturated carbocycles. The molecule has 0 fully saturated rings. The van der Waals surface area contributed by atoms with Crippen LogP contribution in [0.1, 0.15) is 13.8 Å². The zero-order valence-electron chi connectivity index (χ0n) is 15.4. The molecule has 27 heavy (non-hydrogen) atoms. The number of para-hydroxylation sites is 3. The van der Waals surface area contributed by atoms with Gasteiger partial charge in [0.1, 0.15) is 5.75 Å². The molecule has 0 bridgehead atoms. The van der Waals surface area contributed by atoms with Crippen LogP contribution in [0, 0.1) is 0 Å². The van der Waals surface area contributed by atoms with Gasteiger partial charge in [-0.2, -0.15) is 0 Å². The van der Waals surface area contributed by atoms with E-state index in [1.54, 1.807) is 10.6 Å². The molecule has 2 aromatic carbocycles. The van der Waals surface area contributed by atoms with Crippen molar-refractivity contribution in [2.45, 2.75) is 25.3 Å². The number of carbonyl (C=O) groups excluding carboxylic acids is 1. The van der Waals surface area contributed by atoms with Crippen molar-refractivity contribution in [2.75, 3.05) is 17.7 Å². The zero-order chi connectivity index (χ0) is 19.2. The van der Waals surface area contributed by atoms with Crippen LogP contribution in [0.5, 0.6) is 5.75 Å². The Hall–Kier alpha value is -2.73. The molecule has 3 aromatic rings. The molecule has 1 aromatic heterocycles. The summed E-state index contributed by atoms with van der Waals surface area (Å²) in [5.74, 6) is 0.713. The summed E-state index contributed by atoms with van der Waals surface area (Å²) >= 11 is 1.36. The molecule has 0 aliphatic heterocycles. The first-order valence-electron chi connectivity index (χ1n) is 8.91. The molecule has 1 heterocycles. The van der Waals surface area contributed by atoms with E-state index in [2.05, 4.69) is 5.32 Å². The first-order valence-corrected chi connectivity index (χ1v) is 9.89. The van der Waals surface area contributed by atoms with Gasteiger partial charge >= 0.3 is 0 Å². The van der Waals surface area contributed by atoms with E-state index in [4.69, 9.17) is 4.74 Å². The second-order valence-electron chi connectivity index (χ2n) is 5.87. The highest BCUT2D eigenvalue weighted by Gasteiger charge is 2.12. The van der Waals surface area contributed by atoms with Crippen LogP contribution < -0.4 is 15.6 Å². The Bertz CT molecular complexity index is 1010. The summed E-state index contributed by atoms with van der Waals surface area (Å²) in [6.45, 7) is 4.99. The molecule has 0 aliphatic rings. The van der Waals surface area contributed by atoms with E-state index in [0.717, 1.165) is 15.8 Å². The summed E-state index contributed by atoms with van der Waals surface area (Å²) in [6, 6.07) is 16.7. The fraction of sp³-hybridized carbons (Fsp3) is 0.238. The SMILES string of the molecule is CCOc1ccccc1NC(=O)CSc1cc(=O)n(CC)c2ccccc12. The number of benzene rings is 2. The second-order valence-corrected chi connectivity index (χ2v) is 6.89. The fourth-order valence-electron chi connectivity index (χ4n) is 2.93. The molecule has 0 unspecified atom stereocenters. The van der Waals surface area contributed by atoms with Gasteiger partial charge in [0.15, 0.2) is 0 Å². The van der Waals surface area contributed by atoms with Crippen molar-refractivity contribution in [3.8, 4) is 5.75 Å². The van der Waals surface area contributed by atoms with Crippen LogP contribution in [0.4, 0.5) is 5.69 Å². The average molecular weight is 382 g/mol. The van der Waals surface area contributed by atoms with Gasteiger partial charge in [-0.25, -0.2) is 0 Å². The van der Waals surface area contributed by atoms with Crippen LogP contribution in [0.25, 0.3) is 10.9 Å². The fourth-order valence-corrected chi connectivity index (χ4v) is 3.80. The lowest BCUT2D eigenvalue weighted by molar-refractivity contribution is -0.113. The number of fused-ring (bicyclic) bond motifs is 1. The number of amides is 1. The third-order valence-electron chi connectivity index (χ3n) is 4.12. The number of carbonyl (C=O) groups is 1. The zero-order valence-corrected chi connectivity index (χ0v) is 16.2. The first kappa shape index (κ1) is 19.0. The molecule has 3 rings (SSSR count). The number of hydrogen-bond acceptors (Lipinski definition) is 4. The van der Waals surface area contributed by atoms with E-state index in [9.17, 15) is 9.59 Å². The summed E-state index contributed by atoms with van der Waals surface area (Å²) in [5, 5.41) is 3.86. The predicted molar refractivity (Wildman–Crippen MR) is 111 cm³/mol. The summed E-state index contributed by atoms with van der Waals surface area (Å²) in [7, 11) is 0. The molecule has 5 nitrogen and oxygen atoms in total. The van der Waals surface area contributed by atoms with Gasteiger partial charge in [-0.15, -0.1) is 11.8 Å². The van der Waals surface area contributed by atoms with Crippen molar-refractivity contribution in [2.24, 2.45) is 0 Å². The summed E-state index contributed by atoms with van der Waals surface area (Å²) in [4.78, 5) is 25.6. The Balaban J connectivity index is 1.78.